The summed E-state index contributed by atoms with van der Waals surface area (Å²) in [5.41, 5.74) is 1.04. The Morgan fingerprint density at radius 2 is 2.30 bits per heavy atom. The second-order valence-corrected chi connectivity index (χ2v) is 3.40. The number of halogens is 3. The molecule has 0 amide bonds. The average molecular weight is 285 g/mol. The van der Waals surface area contributed by atoms with Gasteiger partial charge in [-0.15, -0.1) is 0 Å². The van der Waals surface area contributed by atoms with Gasteiger partial charge in [-0.1, -0.05) is 27.5 Å². The van der Waals surface area contributed by atoms with Crippen molar-refractivity contribution in [1.29, 1.82) is 0 Å². The monoisotopic (exact) mass is 283 g/mol. The van der Waals surface area contributed by atoms with E-state index in [9.17, 15) is 0 Å². The first-order valence-electron chi connectivity index (χ1n) is 2.60. The van der Waals surface area contributed by atoms with Gasteiger partial charge in [0.15, 0.2) is 0 Å². The van der Waals surface area contributed by atoms with Gasteiger partial charge >= 0.3 is 0 Å². The van der Waals surface area contributed by atoms with Crippen molar-refractivity contribution in [2.45, 2.75) is 5.33 Å². The predicted molar refractivity (Wildman–Crippen MR) is 49.6 cm³/mol. The number of hydrogen-bond donors (Lipinski definition) is 0. The van der Waals surface area contributed by atoms with E-state index in [0.717, 1.165) is 10.9 Å². The van der Waals surface area contributed by atoms with Crippen LogP contribution in [-0.4, -0.2) is 4.98 Å². The van der Waals surface area contributed by atoms with Crippen molar-refractivity contribution >= 4 is 43.5 Å². The number of aromatic nitrogens is 1. The van der Waals surface area contributed by atoms with Crippen molar-refractivity contribution in [3.05, 3.63) is 27.5 Å². The third-order valence-corrected chi connectivity index (χ3v) is 2.93. The molecule has 0 N–H and O–H groups in total. The highest BCUT2D eigenvalue weighted by Gasteiger charge is 2.01. The third-order valence-electron chi connectivity index (χ3n) is 1.07. The molecule has 0 aliphatic carbocycles. The maximum Gasteiger partial charge on any atom is 0.124 e. The maximum atomic E-state index is 5.85. The predicted octanol–water partition coefficient (Wildman–Crippen LogP) is 3.39. The lowest BCUT2D eigenvalue weighted by Gasteiger charge is -1.98. The fourth-order valence-corrected chi connectivity index (χ4v) is 1.74. The zero-order valence-corrected chi connectivity index (χ0v) is 8.87. The molecule has 1 aromatic heterocycles. The highest BCUT2D eigenvalue weighted by atomic mass is 79.9. The highest BCUT2D eigenvalue weighted by molar-refractivity contribution is 9.10. The molecule has 4 heteroatoms. The lowest BCUT2D eigenvalue weighted by atomic mass is 10.3. The Labute approximate surface area is 81.1 Å². The summed E-state index contributed by atoms with van der Waals surface area (Å²) in [5, 5.41) is 1.44. The van der Waals surface area contributed by atoms with Crippen LogP contribution < -0.4 is 0 Å². The minimum Gasteiger partial charge on any atom is -0.248 e. The van der Waals surface area contributed by atoms with E-state index < -0.39 is 0 Å². The van der Waals surface area contributed by atoms with Crippen LogP contribution in [0.25, 0.3) is 0 Å². The quantitative estimate of drug-likeness (QED) is 0.569. The van der Waals surface area contributed by atoms with Crippen LogP contribution in [0.5, 0.6) is 0 Å². The SMILES string of the molecule is Clc1c(CBr)ccnc1Br. The van der Waals surface area contributed by atoms with E-state index in [1.165, 1.54) is 0 Å². The summed E-state index contributed by atoms with van der Waals surface area (Å²) in [4.78, 5) is 3.95. The van der Waals surface area contributed by atoms with E-state index in [-0.39, 0.29) is 0 Å². The zero-order chi connectivity index (χ0) is 7.56. The molecule has 1 rings (SSSR count). The smallest absolute Gasteiger partial charge is 0.124 e. The summed E-state index contributed by atoms with van der Waals surface area (Å²) in [7, 11) is 0. The molecule has 0 aliphatic rings. The second-order valence-electron chi connectivity index (χ2n) is 1.71. The van der Waals surface area contributed by atoms with E-state index >= 15 is 0 Å². The summed E-state index contributed by atoms with van der Waals surface area (Å²) in [6.45, 7) is 0. The van der Waals surface area contributed by atoms with Gasteiger partial charge in [0.1, 0.15) is 4.60 Å². The van der Waals surface area contributed by atoms with Gasteiger partial charge in [0.05, 0.1) is 5.02 Å². The average Bonchev–Trinajstić information content (AvgIpc) is 1.95. The van der Waals surface area contributed by atoms with E-state index in [2.05, 4.69) is 36.8 Å². The van der Waals surface area contributed by atoms with Crippen LogP contribution in [-0.2, 0) is 5.33 Å². The molecule has 0 aliphatic heterocycles. The highest BCUT2D eigenvalue weighted by Crippen LogP contribution is 2.24. The number of hydrogen-bond acceptors (Lipinski definition) is 1. The van der Waals surface area contributed by atoms with Crippen LogP contribution in [0.15, 0.2) is 16.9 Å². The molecular formula is C6H4Br2ClN. The summed E-state index contributed by atoms with van der Waals surface area (Å²) >= 11 is 12.4. The van der Waals surface area contributed by atoms with Gasteiger partial charge in [-0.2, -0.15) is 0 Å². The summed E-state index contributed by atoms with van der Waals surface area (Å²) < 4.78 is 0.700. The number of pyridine rings is 1. The second kappa shape index (κ2) is 3.69. The van der Waals surface area contributed by atoms with E-state index in [1.54, 1.807) is 6.20 Å². The molecule has 0 aromatic carbocycles. The van der Waals surface area contributed by atoms with Gasteiger partial charge in [-0.25, -0.2) is 4.98 Å². The Hall–Kier alpha value is 0.400. The van der Waals surface area contributed by atoms with Gasteiger partial charge in [0.25, 0.3) is 0 Å². The summed E-state index contributed by atoms with van der Waals surface area (Å²) in [6, 6.07) is 1.88. The number of alkyl halides is 1. The van der Waals surface area contributed by atoms with Gasteiger partial charge in [-0.05, 0) is 27.6 Å². The third kappa shape index (κ3) is 1.71. The zero-order valence-electron chi connectivity index (χ0n) is 4.94. The van der Waals surface area contributed by atoms with E-state index in [4.69, 9.17) is 11.6 Å². The fourth-order valence-electron chi connectivity index (χ4n) is 0.558. The fraction of sp³-hybridized carbons (Fsp3) is 0.167. The molecule has 1 aromatic rings. The lowest BCUT2D eigenvalue weighted by molar-refractivity contribution is 1.23. The van der Waals surface area contributed by atoms with Crippen molar-refractivity contribution in [1.82, 2.24) is 4.98 Å². The lowest BCUT2D eigenvalue weighted by Crippen LogP contribution is -1.83. The molecule has 0 bridgehead atoms. The molecule has 0 fully saturated rings. The normalized spacial score (nSPS) is 9.90. The molecular weight excluding hydrogens is 281 g/mol. The molecule has 10 heavy (non-hydrogen) atoms. The molecule has 0 radical (unpaired) electrons. The Morgan fingerprint density at radius 3 is 2.80 bits per heavy atom. The summed E-state index contributed by atoms with van der Waals surface area (Å²) in [5.74, 6) is 0. The Bertz CT molecular complexity index is 239. The molecule has 0 spiro atoms. The van der Waals surface area contributed by atoms with Crippen molar-refractivity contribution in [2.24, 2.45) is 0 Å². The van der Waals surface area contributed by atoms with Crippen molar-refractivity contribution in [2.75, 3.05) is 0 Å². The molecule has 1 nitrogen and oxygen atoms in total. The molecule has 0 unspecified atom stereocenters. The van der Waals surface area contributed by atoms with Crippen LogP contribution in [0.2, 0.25) is 5.02 Å². The van der Waals surface area contributed by atoms with Crippen LogP contribution in [0.1, 0.15) is 5.56 Å². The van der Waals surface area contributed by atoms with Crippen LogP contribution in [0.4, 0.5) is 0 Å². The minimum absolute atomic E-state index is 0.680. The molecule has 0 saturated carbocycles. The Morgan fingerprint density at radius 1 is 1.60 bits per heavy atom. The van der Waals surface area contributed by atoms with Crippen LogP contribution in [0, 0.1) is 0 Å². The van der Waals surface area contributed by atoms with Crippen molar-refractivity contribution < 1.29 is 0 Å². The molecule has 1 heterocycles. The van der Waals surface area contributed by atoms with Crippen molar-refractivity contribution in [3.63, 3.8) is 0 Å². The number of nitrogens with zero attached hydrogens (tertiary/aromatic N) is 1. The first-order chi connectivity index (χ1) is 4.75. The van der Waals surface area contributed by atoms with Gasteiger partial charge in [0.2, 0.25) is 0 Å². The first-order valence-corrected chi connectivity index (χ1v) is 4.90. The van der Waals surface area contributed by atoms with Gasteiger partial charge < -0.3 is 0 Å². The molecule has 0 saturated heterocycles. The minimum atomic E-state index is 0.680. The Kier molecular flexibility index (Phi) is 3.14. The Balaban J connectivity index is 3.14. The van der Waals surface area contributed by atoms with Crippen LogP contribution in [0.3, 0.4) is 0 Å². The molecule has 0 atom stereocenters. The maximum absolute atomic E-state index is 5.85. The van der Waals surface area contributed by atoms with E-state index in [1.807, 2.05) is 6.07 Å². The summed E-state index contributed by atoms with van der Waals surface area (Å²) in [6.07, 6.45) is 1.71. The van der Waals surface area contributed by atoms with E-state index in [0.29, 0.717) is 9.63 Å². The van der Waals surface area contributed by atoms with Crippen molar-refractivity contribution in [3.8, 4) is 0 Å². The van der Waals surface area contributed by atoms with Gasteiger partial charge in [-0.3, -0.25) is 0 Å². The molecule has 54 valence electrons. The van der Waals surface area contributed by atoms with Gasteiger partial charge in [0, 0.05) is 11.5 Å². The number of rotatable bonds is 1. The standard InChI is InChI=1S/C6H4Br2ClN/c7-3-4-1-2-10-6(8)5(4)9/h1-2H,3H2. The topological polar surface area (TPSA) is 12.9 Å². The largest absolute Gasteiger partial charge is 0.248 e. The first kappa shape index (κ1) is 8.50. The van der Waals surface area contributed by atoms with Crippen LogP contribution >= 0.6 is 43.5 Å².